The maximum atomic E-state index is 12.8. The number of rotatable bonds is 4. The third kappa shape index (κ3) is 4.21. The second-order valence-electron chi connectivity index (χ2n) is 7.72. The Kier molecular flexibility index (Phi) is 4.87. The van der Waals surface area contributed by atoms with Crippen molar-refractivity contribution in [1.29, 1.82) is 0 Å². The SMILES string of the molecule is Cc1cc2c(o1)CC(C)(C)C[C@H]2NC(=O)c1cccc(C[S@@](C)=O)c1. The predicted octanol–water partition coefficient (Wildman–Crippen LogP) is 3.91. The van der Waals surface area contributed by atoms with E-state index in [0.717, 1.165) is 35.5 Å². The number of aryl methyl sites for hydroxylation is 1. The minimum atomic E-state index is -0.926. The molecule has 0 spiro atoms. The summed E-state index contributed by atoms with van der Waals surface area (Å²) in [6.45, 7) is 6.34. The molecule has 0 aliphatic heterocycles. The molecule has 0 radical (unpaired) electrons. The van der Waals surface area contributed by atoms with Gasteiger partial charge in [-0.1, -0.05) is 26.0 Å². The van der Waals surface area contributed by atoms with Crippen molar-refractivity contribution >= 4 is 16.7 Å². The Labute approximate surface area is 151 Å². The van der Waals surface area contributed by atoms with Crippen molar-refractivity contribution in [3.05, 3.63) is 58.5 Å². The maximum absolute atomic E-state index is 12.8. The molecule has 1 aliphatic rings. The van der Waals surface area contributed by atoms with Crippen molar-refractivity contribution in [2.45, 2.75) is 45.4 Å². The Morgan fingerprint density at radius 3 is 2.84 bits per heavy atom. The maximum Gasteiger partial charge on any atom is 0.251 e. The van der Waals surface area contributed by atoms with Gasteiger partial charge in [0.1, 0.15) is 11.5 Å². The molecule has 0 saturated carbocycles. The smallest absolute Gasteiger partial charge is 0.251 e. The lowest BCUT2D eigenvalue weighted by molar-refractivity contribution is 0.0917. The van der Waals surface area contributed by atoms with Crippen LogP contribution in [-0.4, -0.2) is 16.4 Å². The molecule has 1 amide bonds. The van der Waals surface area contributed by atoms with E-state index in [4.69, 9.17) is 4.42 Å². The molecule has 2 atom stereocenters. The predicted molar refractivity (Wildman–Crippen MR) is 100.0 cm³/mol. The number of hydrogen-bond donors (Lipinski definition) is 1. The first-order valence-electron chi connectivity index (χ1n) is 8.52. The molecule has 0 fully saturated rings. The Bertz CT molecular complexity index is 822. The highest BCUT2D eigenvalue weighted by molar-refractivity contribution is 7.83. The highest BCUT2D eigenvalue weighted by Gasteiger charge is 2.35. The molecule has 0 unspecified atom stereocenters. The molecule has 25 heavy (non-hydrogen) atoms. The van der Waals surface area contributed by atoms with Crippen LogP contribution in [0.25, 0.3) is 0 Å². The summed E-state index contributed by atoms with van der Waals surface area (Å²) in [6, 6.07) is 9.35. The zero-order chi connectivity index (χ0) is 18.2. The molecule has 1 aromatic carbocycles. The fraction of sp³-hybridized carbons (Fsp3) is 0.450. The van der Waals surface area contributed by atoms with E-state index in [-0.39, 0.29) is 17.4 Å². The van der Waals surface area contributed by atoms with Gasteiger partial charge in [0.25, 0.3) is 5.91 Å². The molecular formula is C20H25NO3S. The van der Waals surface area contributed by atoms with Gasteiger partial charge in [-0.3, -0.25) is 9.00 Å². The Morgan fingerprint density at radius 2 is 2.12 bits per heavy atom. The lowest BCUT2D eigenvalue weighted by Gasteiger charge is -2.34. The Hall–Kier alpha value is -1.88. The first kappa shape index (κ1) is 17.9. The van der Waals surface area contributed by atoms with Gasteiger partial charge in [0, 0.05) is 40.4 Å². The van der Waals surface area contributed by atoms with Crippen LogP contribution in [0.15, 0.2) is 34.7 Å². The van der Waals surface area contributed by atoms with Crippen molar-refractivity contribution in [3.63, 3.8) is 0 Å². The largest absolute Gasteiger partial charge is 0.466 e. The van der Waals surface area contributed by atoms with E-state index in [1.165, 1.54) is 0 Å². The Morgan fingerprint density at radius 1 is 1.36 bits per heavy atom. The molecule has 1 aromatic heterocycles. The average Bonchev–Trinajstić information content (AvgIpc) is 2.85. The van der Waals surface area contributed by atoms with Gasteiger partial charge in [0.15, 0.2) is 0 Å². The van der Waals surface area contributed by atoms with Crippen molar-refractivity contribution in [1.82, 2.24) is 5.32 Å². The molecule has 5 heteroatoms. The summed E-state index contributed by atoms with van der Waals surface area (Å²) in [7, 11) is -0.926. The third-order valence-electron chi connectivity index (χ3n) is 4.60. The normalized spacial score (nSPS) is 19.9. The third-order valence-corrected chi connectivity index (χ3v) is 5.34. The number of carbonyl (C=O) groups is 1. The van der Waals surface area contributed by atoms with Gasteiger partial charge in [0.05, 0.1) is 6.04 Å². The number of furan rings is 1. The van der Waals surface area contributed by atoms with Crippen LogP contribution in [0.5, 0.6) is 0 Å². The topological polar surface area (TPSA) is 59.3 Å². The first-order valence-corrected chi connectivity index (χ1v) is 10.3. The molecule has 0 bridgehead atoms. The number of hydrogen-bond acceptors (Lipinski definition) is 3. The van der Waals surface area contributed by atoms with Gasteiger partial charge >= 0.3 is 0 Å². The summed E-state index contributed by atoms with van der Waals surface area (Å²) in [4.78, 5) is 12.8. The number of nitrogens with one attached hydrogen (secondary N) is 1. The van der Waals surface area contributed by atoms with Crippen molar-refractivity contribution in [3.8, 4) is 0 Å². The summed E-state index contributed by atoms with van der Waals surface area (Å²) in [5.41, 5.74) is 2.69. The van der Waals surface area contributed by atoms with E-state index >= 15 is 0 Å². The van der Waals surface area contributed by atoms with E-state index < -0.39 is 10.8 Å². The van der Waals surface area contributed by atoms with Crippen molar-refractivity contribution < 1.29 is 13.4 Å². The Balaban J connectivity index is 1.82. The van der Waals surface area contributed by atoms with E-state index in [1.807, 2.05) is 31.2 Å². The molecule has 0 saturated heterocycles. The van der Waals surface area contributed by atoms with E-state index in [0.29, 0.717) is 11.3 Å². The zero-order valence-electron chi connectivity index (χ0n) is 15.2. The summed E-state index contributed by atoms with van der Waals surface area (Å²) >= 11 is 0. The molecule has 3 rings (SSSR count). The standard InChI is InChI=1S/C20H25NO3S/c1-13-8-16-17(10-20(2,3)11-18(16)24-13)21-19(22)15-7-5-6-14(9-15)12-25(4)23/h5-9,17H,10-12H2,1-4H3,(H,21,22)/t17-,25-/m1/s1. The van der Waals surface area contributed by atoms with E-state index in [2.05, 4.69) is 19.2 Å². The minimum Gasteiger partial charge on any atom is -0.466 e. The first-order chi connectivity index (χ1) is 11.7. The summed E-state index contributed by atoms with van der Waals surface area (Å²) in [5.74, 6) is 2.22. The highest BCUT2D eigenvalue weighted by Crippen LogP contribution is 2.42. The fourth-order valence-corrected chi connectivity index (χ4v) is 4.24. The van der Waals surface area contributed by atoms with Crippen LogP contribution in [0.1, 0.15) is 59.3 Å². The molecule has 4 nitrogen and oxygen atoms in total. The molecule has 1 N–H and O–H groups in total. The fourth-order valence-electron chi connectivity index (χ4n) is 3.59. The summed E-state index contributed by atoms with van der Waals surface area (Å²) in [5, 5.41) is 3.17. The van der Waals surface area contributed by atoms with Gasteiger partial charge < -0.3 is 9.73 Å². The van der Waals surface area contributed by atoms with Gasteiger partial charge in [-0.2, -0.15) is 0 Å². The number of fused-ring (bicyclic) bond motifs is 1. The molecule has 1 aliphatic carbocycles. The number of carbonyl (C=O) groups excluding carboxylic acids is 1. The zero-order valence-corrected chi connectivity index (χ0v) is 16.0. The summed E-state index contributed by atoms with van der Waals surface area (Å²) < 4.78 is 17.3. The molecule has 1 heterocycles. The minimum absolute atomic E-state index is 0.0485. The van der Waals surface area contributed by atoms with Crippen LogP contribution in [0, 0.1) is 12.3 Å². The van der Waals surface area contributed by atoms with E-state index in [9.17, 15) is 9.00 Å². The van der Waals surface area contributed by atoms with Gasteiger partial charge in [-0.05, 0) is 42.5 Å². The lowest BCUT2D eigenvalue weighted by atomic mass is 9.74. The number of benzene rings is 1. The van der Waals surface area contributed by atoms with Gasteiger partial charge in [-0.25, -0.2) is 0 Å². The van der Waals surface area contributed by atoms with Crippen LogP contribution in [0.4, 0.5) is 0 Å². The molecule has 2 aromatic rings. The van der Waals surface area contributed by atoms with Crippen LogP contribution in [0.2, 0.25) is 0 Å². The summed E-state index contributed by atoms with van der Waals surface area (Å²) in [6.07, 6.45) is 3.43. The highest BCUT2D eigenvalue weighted by atomic mass is 32.2. The van der Waals surface area contributed by atoms with Gasteiger partial charge in [0.2, 0.25) is 0 Å². The second kappa shape index (κ2) is 6.79. The van der Waals surface area contributed by atoms with Gasteiger partial charge in [-0.15, -0.1) is 0 Å². The molecule has 134 valence electrons. The van der Waals surface area contributed by atoms with Crippen LogP contribution in [0.3, 0.4) is 0 Å². The second-order valence-corrected chi connectivity index (χ2v) is 9.16. The van der Waals surface area contributed by atoms with Crippen LogP contribution >= 0.6 is 0 Å². The quantitative estimate of drug-likeness (QED) is 0.900. The lowest BCUT2D eigenvalue weighted by Crippen LogP contribution is -2.36. The van der Waals surface area contributed by atoms with E-state index in [1.54, 1.807) is 12.3 Å². The van der Waals surface area contributed by atoms with Crippen molar-refractivity contribution in [2.24, 2.45) is 5.41 Å². The number of amides is 1. The van der Waals surface area contributed by atoms with Crippen molar-refractivity contribution in [2.75, 3.05) is 6.26 Å². The monoisotopic (exact) mass is 359 g/mol. The van der Waals surface area contributed by atoms with Crippen LogP contribution in [-0.2, 0) is 23.0 Å². The average molecular weight is 359 g/mol. The molecular weight excluding hydrogens is 334 g/mol. The van der Waals surface area contributed by atoms with Crippen LogP contribution < -0.4 is 5.32 Å².